The Hall–Kier alpha value is -4.10. The van der Waals surface area contributed by atoms with Crippen molar-refractivity contribution in [3.63, 3.8) is 0 Å². The fourth-order valence-corrected chi connectivity index (χ4v) is 5.40. The number of benzene rings is 2. The summed E-state index contributed by atoms with van der Waals surface area (Å²) in [5, 5.41) is 13.5. The molecule has 0 bridgehead atoms. The van der Waals surface area contributed by atoms with Gasteiger partial charge in [0.05, 0.1) is 30.5 Å². The molecule has 2 fully saturated rings. The van der Waals surface area contributed by atoms with Gasteiger partial charge in [-0.2, -0.15) is 5.26 Å². The molecule has 0 aliphatic carbocycles. The Kier molecular flexibility index (Phi) is 8.81. The molecule has 5 rings (SSSR count). The van der Waals surface area contributed by atoms with E-state index in [1.54, 1.807) is 18.2 Å². The van der Waals surface area contributed by atoms with Gasteiger partial charge in [0, 0.05) is 56.1 Å². The molecule has 2 amide bonds. The minimum atomic E-state index is -0.354. The maximum atomic E-state index is 13.2. The number of ether oxygens (including phenoxy) is 2. The van der Waals surface area contributed by atoms with Gasteiger partial charge in [-0.3, -0.25) is 4.98 Å². The summed E-state index contributed by atoms with van der Waals surface area (Å²) < 4.78 is 25.0. The van der Waals surface area contributed by atoms with Gasteiger partial charge in [0.1, 0.15) is 11.9 Å². The molecule has 0 spiro atoms. The molecule has 0 atom stereocenters. The monoisotopic (exact) mass is 546 g/mol. The van der Waals surface area contributed by atoms with Crippen LogP contribution < -0.4 is 19.7 Å². The molecular weight excluding hydrogens is 511 g/mol. The van der Waals surface area contributed by atoms with Gasteiger partial charge in [0.15, 0.2) is 11.5 Å². The van der Waals surface area contributed by atoms with E-state index in [2.05, 4.69) is 26.2 Å². The lowest BCUT2D eigenvalue weighted by molar-refractivity contribution is 0.203. The number of nitrogens with zero attached hydrogens (tertiary/aromatic N) is 5. The number of nitrogens with one attached hydrogen (secondary N) is 1. The Morgan fingerprint density at radius 2 is 1.80 bits per heavy atom. The van der Waals surface area contributed by atoms with Crippen LogP contribution >= 0.6 is 0 Å². The number of urea groups is 1. The molecule has 1 N–H and O–H groups in total. The van der Waals surface area contributed by atoms with Crippen LogP contribution in [-0.4, -0.2) is 80.3 Å². The Morgan fingerprint density at radius 1 is 1.05 bits per heavy atom. The normalized spacial score (nSPS) is 16.0. The van der Waals surface area contributed by atoms with Crippen molar-refractivity contribution >= 4 is 28.3 Å². The molecule has 0 unspecified atom stereocenters. The van der Waals surface area contributed by atoms with Crippen molar-refractivity contribution in [1.29, 1.82) is 5.26 Å². The third kappa shape index (κ3) is 6.37. The average molecular weight is 547 g/mol. The zero-order chi connectivity index (χ0) is 27.9. The number of fused-ring (bicyclic) bond motifs is 1. The third-order valence-corrected chi connectivity index (χ3v) is 7.55. The first-order valence-electron chi connectivity index (χ1n) is 13.9. The largest absolute Gasteiger partial charge is 0.493 e. The minimum absolute atomic E-state index is 0.241. The van der Waals surface area contributed by atoms with E-state index in [0.717, 1.165) is 29.6 Å². The molecule has 2 aliphatic rings. The fraction of sp³-hybridized carbons (Fsp3) is 0.433. The van der Waals surface area contributed by atoms with Crippen molar-refractivity contribution in [2.75, 3.05) is 69.7 Å². The smallest absolute Gasteiger partial charge is 0.321 e. The number of piperazine rings is 1. The number of piperidine rings is 1. The first-order chi connectivity index (χ1) is 19.6. The van der Waals surface area contributed by atoms with Crippen molar-refractivity contribution in [1.82, 2.24) is 14.8 Å². The number of amides is 2. The van der Waals surface area contributed by atoms with E-state index in [1.807, 2.05) is 12.1 Å². The van der Waals surface area contributed by atoms with Gasteiger partial charge in [-0.05, 0) is 62.7 Å². The average Bonchev–Trinajstić information content (AvgIpc) is 3.00. The zero-order valence-electron chi connectivity index (χ0n) is 22.9. The van der Waals surface area contributed by atoms with Crippen LogP contribution in [0.1, 0.15) is 31.2 Å². The van der Waals surface area contributed by atoms with Crippen LogP contribution in [-0.2, 0) is 0 Å². The van der Waals surface area contributed by atoms with Gasteiger partial charge < -0.3 is 29.5 Å². The van der Waals surface area contributed by atoms with Crippen LogP contribution in [0.2, 0.25) is 0 Å². The number of anilines is 2. The Morgan fingerprint density at radius 3 is 2.50 bits per heavy atom. The van der Waals surface area contributed by atoms with E-state index in [4.69, 9.17) is 9.47 Å². The van der Waals surface area contributed by atoms with Crippen LogP contribution in [0, 0.1) is 17.1 Å². The van der Waals surface area contributed by atoms with Crippen LogP contribution in [0.25, 0.3) is 10.9 Å². The van der Waals surface area contributed by atoms with E-state index in [0.29, 0.717) is 55.5 Å². The van der Waals surface area contributed by atoms with Gasteiger partial charge in [0.25, 0.3) is 0 Å². The van der Waals surface area contributed by atoms with E-state index in [9.17, 15) is 14.4 Å². The Labute approximate surface area is 234 Å². The molecule has 2 aliphatic heterocycles. The van der Waals surface area contributed by atoms with Crippen LogP contribution in [0.5, 0.6) is 11.5 Å². The van der Waals surface area contributed by atoms with E-state index >= 15 is 0 Å². The Balaban J connectivity index is 1.27. The molecule has 9 nitrogen and oxygen atoms in total. The number of aromatic nitrogens is 1. The highest BCUT2D eigenvalue weighted by atomic mass is 19.1. The first kappa shape index (κ1) is 27.5. The van der Waals surface area contributed by atoms with Crippen molar-refractivity contribution in [3.8, 4) is 17.6 Å². The van der Waals surface area contributed by atoms with Gasteiger partial charge in [-0.25, -0.2) is 9.18 Å². The minimum Gasteiger partial charge on any atom is -0.493 e. The first-order valence-corrected chi connectivity index (χ1v) is 13.9. The molecule has 10 heteroatoms. The zero-order valence-corrected chi connectivity index (χ0v) is 22.9. The summed E-state index contributed by atoms with van der Waals surface area (Å²) in [4.78, 5) is 23.6. The number of halogens is 1. The van der Waals surface area contributed by atoms with Gasteiger partial charge >= 0.3 is 6.03 Å². The number of rotatable bonds is 8. The predicted octanol–water partition coefficient (Wildman–Crippen LogP) is 4.86. The number of carbonyl (C=O) groups is 1. The number of nitriles is 1. The molecule has 210 valence electrons. The number of pyridine rings is 1. The number of hydrogen-bond donors (Lipinski definition) is 1. The molecule has 3 aromatic rings. The summed E-state index contributed by atoms with van der Waals surface area (Å²) in [5.74, 6) is 0.882. The third-order valence-electron chi connectivity index (χ3n) is 7.55. The lowest BCUT2D eigenvalue weighted by Crippen LogP contribution is -2.50. The maximum Gasteiger partial charge on any atom is 0.321 e. The topological polar surface area (TPSA) is 94.0 Å². The predicted molar refractivity (Wildman–Crippen MR) is 153 cm³/mol. The molecule has 1 aromatic heterocycles. The standard InChI is InChI=1S/C30H35FN6O3/c1-39-27-18-25-26(19-28(27)40-17-5-12-35-10-3-2-4-11-35)33-21-22(20-32)29(25)36-13-15-37(16-14-36)30(38)34-24-8-6-23(31)7-9-24/h6-9,18-19,21H,2-5,10-17H2,1H3,(H,34,38). The number of hydrogen-bond acceptors (Lipinski definition) is 7. The summed E-state index contributed by atoms with van der Waals surface area (Å²) in [5.41, 5.74) is 2.50. The summed E-state index contributed by atoms with van der Waals surface area (Å²) in [6.45, 7) is 5.97. The van der Waals surface area contributed by atoms with Crippen LogP contribution in [0.4, 0.5) is 20.6 Å². The second-order valence-electron chi connectivity index (χ2n) is 10.2. The van der Waals surface area contributed by atoms with Gasteiger partial charge in [-0.15, -0.1) is 0 Å². The summed E-state index contributed by atoms with van der Waals surface area (Å²) in [6.07, 6.45) is 6.41. The van der Waals surface area contributed by atoms with Gasteiger partial charge in [-0.1, -0.05) is 6.42 Å². The fourth-order valence-electron chi connectivity index (χ4n) is 5.40. The summed E-state index contributed by atoms with van der Waals surface area (Å²) in [7, 11) is 1.61. The number of carbonyl (C=O) groups excluding carboxylic acids is 1. The van der Waals surface area contributed by atoms with E-state index < -0.39 is 0 Å². The number of likely N-dealkylation sites (tertiary alicyclic amines) is 1. The van der Waals surface area contributed by atoms with E-state index in [-0.39, 0.29) is 11.8 Å². The van der Waals surface area contributed by atoms with Crippen molar-refractivity contribution in [2.24, 2.45) is 0 Å². The van der Waals surface area contributed by atoms with Crippen molar-refractivity contribution in [2.45, 2.75) is 25.7 Å². The second-order valence-corrected chi connectivity index (χ2v) is 10.2. The summed E-state index contributed by atoms with van der Waals surface area (Å²) in [6, 6.07) is 11.5. The van der Waals surface area contributed by atoms with Crippen LogP contribution in [0.3, 0.4) is 0 Å². The quantitative estimate of drug-likeness (QED) is 0.403. The second kappa shape index (κ2) is 12.8. The van der Waals surface area contributed by atoms with Crippen molar-refractivity contribution in [3.05, 3.63) is 54.0 Å². The highest BCUT2D eigenvalue weighted by Gasteiger charge is 2.25. The lowest BCUT2D eigenvalue weighted by atomic mass is 10.1. The molecule has 0 saturated carbocycles. The Bertz CT molecular complexity index is 1360. The SMILES string of the molecule is COc1cc2c(N3CCN(C(=O)Nc4ccc(F)cc4)CC3)c(C#N)cnc2cc1OCCCN1CCCCC1. The highest BCUT2D eigenvalue weighted by Crippen LogP contribution is 2.38. The van der Waals surface area contributed by atoms with Crippen molar-refractivity contribution < 1.29 is 18.7 Å². The van der Waals surface area contributed by atoms with Crippen LogP contribution in [0.15, 0.2) is 42.6 Å². The molecule has 2 aromatic carbocycles. The number of methoxy groups -OCH3 is 1. The molecular formula is C30H35FN6O3. The summed E-state index contributed by atoms with van der Waals surface area (Å²) >= 11 is 0. The van der Waals surface area contributed by atoms with E-state index in [1.165, 1.54) is 56.6 Å². The molecule has 0 radical (unpaired) electrons. The highest BCUT2D eigenvalue weighted by molar-refractivity contribution is 5.97. The lowest BCUT2D eigenvalue weighted by Gasteiger charge is -2.36. The maximum absolute atomic E-state index is 13.2. The van der Waals surface area contributed by atoms with Gasteiger partial charge in [0.2, 0.25) is 0 Å². The molecule has 3 heterocycles. The molecule has 2 saturated heterocycles. The molecule has 40 heavy (non-hydrogen) atoms.